The van der Waals surface area contributed by atoms with Gasteiger partial charge in [-0.2, -0.15) is 0 Å². The molecule has 0 saturated carbocycles. The summed E-state index contributed by atoms with van der Waals surface area (Å²) in [5.41, 5.74) is 4.58. The number of hydrogen-bond acceptors (Lipinski definition) is 2. The molecule has 2 heteroatoms. The number of esters is 1. The second-order valence-electron chi connectivity index (χ2n) is 6.36. The van der Waals surface area contributed by atoms with Crippen molar-refractivity contribution in [1.29, 1.82) is 0 Å². The molecule has 2 aromatic carbocycles. The van der Waals surface area contributed by atoms with Crippen LogP contribution in [-0.2, 0) is 4.74 Å². The van der Waals surface area contributed by atoms with Crippen molar-refractivity contribution in [3.8, 4) is 11.1 Å². The SMILES string of the molecule is C=Cc1ccc(C)c(-c2ccc(C(=O)OC(C)(C)C)cc2)c1. The summed E-state index contributed by atoms with van der Waals surface area (Å²) in [6.07, 6.45) is 1.83. The van der Waals surface area contributed by atoms with Gasteiger partial charge in [0.25, 0.3) is 0 Å². The smallest absolute Gasteiger partial charge is 0.338 e. The molecule has 114 valence electrons. The Morgan fingerprint density at radius 2 is 1.73 bits per heavy atom. The van der Waals surface area contributed by atoms with Gasteiger partial charge in [0.2, 0.25) is 0 Å². The highest BCUT2D eigenvalue weighted by atomic mass is 16.6. The number of rotatable bonds is 3. The maximum atomic E-state index is 12.0. The van der Waals surface area contributed by atoms with Crippen molar-refractivity contribution in [1.82, 2.24) is 0 Å². The lowest BCUT2D eigenvalue weighted by atomic mass is 9.97. The first-order valence-corrected chi connectivity index (χ1v) is 7.37. The third-order valence-corrected chi connectivity index (χ3v) is 3.33. The van der Waals surface area contributed by atoms with E-state index in [9.17, 15) is 4.79 Å². The van der Waals surface area contributed by atoms with Crippen LogP contribution in [0.25, 0.3) is 17.2 Å². The first-order chi connectivity index (χ1) is 10.3. The number of carbonyl (C=O) groups excluding carboxylic acids is 1. The normalized spacial score (nSPS) is 11.1. The van der Waals surface area contributed by atoms with Crippen LogP contribution in [0.1, 0.15) is 42.3 Å². The van der Waals surface area contributed by atoms with Gasteiger partial charge in [-0.25, -0.2) is 4.79 Å². The van der Waals surface area contributed by atoms with Gasteiger partial charge in [0.1, 0.15) is 5.60 Å². The molecule has 0 atom stereocenters. The van der Waals surface area contributed by atoms with Crippen molar-refractivity contribution < 1.29 is 9.53 Å². The Balaban J connectivity index is 2.29. The molecule has 2 aromatic rings. The standard InChI is InChI=1S/C20H22O2/c1-6-15-8-7-14(2)18(13-15)16-9-11-17(12-10-16)19(21)22-20(3,4)5/h6-13H,1H2,2-5H3. The van der Waals surface area contributed by atoms with Crippen LogP contribution in [0.4, 0.5) is 0 Å². The molecule has 0 radical (unpaired) electrons. The van der Waals surface area contributed by atoms with E-state index in [-0.39, 0.29) is 5.97 Å². The van der Waals surface area contributed by atoms with E-state index in [1.807, 2.05) is 57.2 Å². The molecule has 0 aromatic heterocycles. The van der Waals surface area contributed by atoms with Crippen molar-refractivity contribution in [2.75, 3.05) is 0 Å². The second kappa shape index (κ2) is 6.18. The topological polar surface area (TPSA) is 26.3 Å². The van der Waals surface area contributed by atoms with Gasteiger partial charge in [0.15, 0.2) is 0 Å². The third-order valence-electron chi connectivity index (χ3n) is 3.33. The second-order valence-corrected chi connectivity index (χ2v) is 6.36. The zero-order chi connectivity index (χ0) is 16.3. The van der Waals surface area contributed by atoms with Gasteiger partial charge in [-0.05, 0) is 68.1 Å². The van der Waals surface area contributed by atoms with Crippen LogP contribution in [0.2, 0.25) is 0 Å². The van der Waals surface area contributed by atoms with E-state index in [0.717, 1.165) is 16.7 Å². The molecular weight excluding hydrogens is 272 g/mol. The predicted molar refractivity (Wildman–Crippen MR) is 91.9 cm³/mol. The Kier molecular flexibility index (Phi) is 4.51. The average molecular weight is 294 g/mol. The zero-order valence-corrected chi connectivity index (χ0v) is 13.6. The summed E-state index contributed by atoms with van der Waals surface area (Å²) in [5.74, 6) is -0.296. The predicted octanol–water partition coefficient (Wildman–Crippen LogP) is 5.26. The van der Waals surface area contributed by atoms with Crippen LogP contribution in [0.5, 0.6) is 0 Å². The van der Waals surface area contributed by atoms with Crippen molar-refractivity contribution in [3.05, 3.63) is 65.7 Å². The summed E-state index contributed by atoms with van der Waals surface area (Å²) in [5, 5.41) is 0. The van der Waals surface area contributed by atoms with Crippen LogP contribution in [0, 0.1) is 6.92 Å². The monoisotopic (exact) mass is 294 g/mol. The molecule has 0 unspecified atom stereocenters. The maximum Gasteiger partial charge on any atom is 0.338 e. The number of hydrogen-bond donors (Lipinski definition) is 0. The van der Waals surface area contributed by atoms with Gasteiger partial charge in [-0.3, -0.25) is 0 Å². The third kappa shape index (κ3) is 3.85. The Labute approximate surface area is 132 Å². The van der Waals surface area contributed by atoms with Crippen LogP contribution in [-0.4, -0.2) is 11.6 Å². The molecule has 0 saturated heterocycles. The summed E-state index contributed by atoms with van der Waals surface area (Å²) in [4.78, 5) is 12.0. The molecule has 0 aliphatic rings. The number of aryl methyl sites for hydroxylation is 1. The molecule has 0 bridgehead atoms. The fourth-order valence-corrected chi connectivity index (χ4v) is 2.20. The van der Waals surface area contributed by atoms with Crippen LogP contribution in [0.15, 0.2) is 49.0 Å². The number of carbonyl (C=O) groups is 1. The lowest BCUT2D eigenvalue weighted by molar-refractivity contribution is 0.00696. The van der Waals surface area contributed by atoms with Gasteiger partial charge in [-0.15, -0.1) is 0 Å². The summed E-state index contributed by atoms with van der Waals surface area (Å²) in [7, 11) is 0. The van der Waals surface area contributed by atoms with E-state index in [2.05, 4.69) is 25.6 Å². The van der Waals surface area contributed by atoms with Crippen molar-refractivity contribution in [2.45, 2.75) is 33.3 Å². The van der Waals surface area contributed by atoms with Gasteiger partial charge in [0, 0.05) is 0 Å². The highest BCUT2D eigenvalue weighted by Gasteiger charge is 2.17. The molecule has 0 heterocycles. The van der Waals surface area contributed by atoms with E-state index in [4.69, 9.17) is 4.74 Å². The molecule has 0 aliphatic heterocycles. The maximum absolute atomic E-state index is 12.0. The van der Waals surface area contributed by atoms with E-state index < -0.39 is 5.60 Å². The molecule has 0 spiro atoms. The minimum absolute atomic E-state index is 0.296. The first kappa shape index (κ1) is 16.0. The Morgan fingerprint density at radius 3 is 2.27 bits per heavy atom. The first-order valence-electron chi connectivity index (χ1n) is 7.37. The van der Waals surface area contributed by atoms with Crippen LogP contribution in [0.3, 0.4) is 0 Å². The van der Waals surface area contributed by atoms with E-state index in [1.54, 1.807) is 0 Å². The Bertz CT molecular complexity index is 689. The lowest BCUT2D eigenvalue weighted by Crippen LogP contribution is -2.23. The van der Waals surface area contributed by atoms with Crippen LogP contribution < -0.4 is 0 Å². The summed E-state index contributed by atoms with van der Waals surface area (Å²) >= 11 is 0. The molecule has 2 nitrogen and oxygen atoms in total. The van der Waals surface area contributed by atoms with Gasteiger partial charge in [-0.1, -0.05) is 36.9 Å². The van der Waals surface area contributed by atoms with Crippen molar-refractivity contribution >= 4 is 12.0 Å². The molecular formula is C20H22O2. The highest BCUT2D eigenvalue weighted by molar-refractivity contribution is 5.90. The quantitative estimate of drug-likeness (QED) is 0.722. The molecule has 0 N–H and O–H groups in total. The summed E-state index contributed by atoms with van der Waals surface area (Å²) in [6, 6.07) is 13.7. The zero-order valence-electron chi connectivity index (χ0n) is 13.6. The molecule has 0 amide bonds. The molecule has 2 rings (SSSR count). The molecule has 22 heavy (non-hydrogen) atoms. The van der Waals surface area contributed by atoms with E-state index in [0.29, 0.717) is 5.56 Å². The summed E-state index contributed by atoms with van der Waals surface area (Å²) in [6.45, 7) is 11.5. The minimum atomic E-state index is -0.482. The van der Waals surface area contributed by atoms with Gasteiger partial charge in [0.05, 0.1) is 5.56 Å². The Hall–Kier alpha value is -2.35. The fraction of sp³-hybridized carbons (Fsp3) is 0.250. The summed E-state index contributed by atoms with van der Waals surface area (Å²) < 4.78 is 5.38. The van der Waals surface area contributed by atoms with Gasteiger partial charge < -0.3 is 4.74 Å². The lowest BCUT2D eigenvalue weighted by Gasteiger charge is -2.19. The fourth-order valence-electron chi connectivity index (χ4n) is 2.20. The van der Waals surface area contributed by atoms with E-state index >= 15 is 0 Å². The van der Waals surface area contributed by atoms with Crippen LogP contribution >= 0.6 is 0 Å². The highest BCUT2D eigenvalue weighted by Crippen LogP contribution is 2.26. The van der Waals surface area contributed by atoms with Crippen molar-refractivity contribution in [3.63, 3.8) is 0 Å². The van der Waals surface area contributed by atoms with Gasteiger partial charge >= 0.3 is 5.97 Å². The minimum Gasteiger partial charge on any atom is -0.456 e. The number of ether oxygens (including phenoxy) is 1. The van der Waals surface area contributed by atoms with E-state index in [1.165, 1.54) is 5.56 Å². The molecule has 0 aliphatic carbocycles. The van der Waals surface area contributed by atoms with Crippen molar-refractivity contribution in [2.24, 2.45) is 0 Å². The largest absolute Gasteiger partial charge is 0.456 e. The average Bonchev–Trinajstić information content (AvgIpc) is 2.46. The number of benzene rings is 2. The molecule has 0 fully saturated rings. The Morgan fingerprint density at radius 1 is 1.09 bits per heavy atom.